The maximum atomic E-state index is 12.2. The summed E-state index contributed by atoms with van der Waals surface area (Å²) in [6.07, 6.45) is 3.21. The average Bonchev–Trinajstić information content (AvgIpc) is 2.28. The van der Waals surface area contributed by atoms with Crippen LogP contribution in [-0.4, -0.2) is 37.0 Å². The van der Waals surface area contributed by atoms with E-state index in [-0.39, 0.29) is 11.3 Å². The first-order valence-corrected chi connectivity index (χ1v) is 5.97. The molecule has 1 aliphatic heterocycles. The second-order valence-corrected chi connectivity index (χ2v) is 5.15. The zero-order valence-electron chi connectivity index (χ0n) is 10.5. The molecule has 15 heavy (non-hydrogen) atoms. The van der Waals surface area contributed by atoms with Gasteiger partial charge in [0, 0.05) is 25.0 Å². The molecule has 0 saturated carbocycles. The van der Waals surface area contributed by atoms with Crippen molar-refractivity contribution in [1.82, 2.24) is 10.2 Å². The van der Waals surface area contributed by atoms with Gasteiger partial charge in [-0.05, 0) is 25.8 Å². The lowest BCUT2D eigenvalue weighted by atomic mass is 9.88. The lowest BCUT2D eigenvalue weighted by molar-refractivity contribution is -0.141. The van der Waals surface area contributed by atoms with Crippen LogP contribution in [0.4, 0.5) is 0 Å². The minimum absolute atomic E-state index is 0.216. The van der Waals surface area contributed by atoms with Crippen molar-refractivity contribution in [1.29, 1.82) is 0 Å². The molecule has 0 aromatic heterocycles. The van der Waals surface area contributed by atoms with E-state index in [9.17, 15) is 4.79 Å². The number of hydrogen-bond donors (Lipinski definition) is 1. The van der Waals surface area contributed by atoms with Crippen molar-refractivity contribution in [2.75, 3.05) is 20.1 Å². The Labute approximate surface area is 93.2 Å². The summed E-state index contributed by atoms with van der Waals surface area (Å²) < 4.78 is 0. The van der Waals surface area contributed by atoms with E-state index in [4.69, 9.17) is 0 Å². The Hall–Kier alpha value is -0.570. The van der Waals surface area contributed by atoms with Crippen molar-refractivity contribution in [3.8, 4) is 0 Å². The van der Waals surface area contributed by atoms with Gasteiger partial charge in [-0.3, -0.25) is 4.79 Å². The van der Waals surface area contributed by atoms with E-state index in [1.807, 2.05) is 25.8 Å². The van der Waals surface area contributed by atoms with Crippen LogP contribution in [0.2, 0.25) is 0 Å². The Bertz CT molecular complexity index is 220. The summed E-state index contributed by atoms with van der Waals surface area (Å²) in [6, 6.07) is 0.386. The van der Waals surface area contributed by atoms with Crippen LogP contribution in [0.25, 0.3) is 0 Å². The van der Waals surface area contributed by atoms with Gasteiger partial charge >= 0.3 is 0 Å². The molecule has 1 fully saturated rings. The third-order valence-electron chi connectivity index (χ3n) is 3.60. The third-order valence-corrected chi connectivity index (χ3v) is 3.60. The molecule has 0 spiro atoms. The van der Waals surface area contributed by atoms with Gasteiger partial charge in [0.25, 0.3) is 0 Å². The van der Waals surface area contributed by atoms with E-state index in [0.29, 0.717) is 6.04 Å². The molecule has 0 aliphatic carbocycles. The van der Waals surface area contributed by atoms with Crippen molar-refractivity contribution in [3.63, 3.8) is 0 Å². The number of nitrogens with zero attached hydrogens (tertiary/aromatic N) is 1. The van der Waals surface area contributed by atoms with Crippen molar-refractivity contribution in [2.24, 2.45) is 5.41 Å². The van der Waals surface area contributed by atoms with Crippen LogP contribution in [0.15, 0.2) is 0 Å². The van der Waals surface area contributed by atoms with E-state index in [1.54, 1.807) is 0 Å². The molecular weight excluding hydrogens is 188 g/mol. The highest BCUT2D eigenvalue weighted by atomic mass is 16.2. The van der Waals surface area contributed by atoms with Gasteiger partial charge in [0.1, 0.15) is 0 Å². The molecule has 0 aromatic rings. The van der Waals surface area contributed by atoms with Crippen molar-refractivity contribution in [2.45, 2.75) is 46.1 Å². The van der Waals surface area contributed by atoms with Crippen molar-refractivity contribution < 1.29 is 4.79 Å². The van der Waals surface area contributed by atoms with E-state index < -0.39 is 0 Å². The minimum atomic E-state index is -0.216. The number of carbonyl (C=O) groups excluding carboxylic acids is 1. The fourth-order valence-electron chi connectivity index (χ4n) is 1.96. The number of rotatable bonds is 3. The number of piperidine rings is 1. The van der Waals surface area contributed by atoms with Crippen LogP contribution in [0, 0.1) is 5.41 Å². The fourth-order valence-corrected chi connectivity index (χ4v) is 1.96. The molecule has 1 heterocycles. The van der Waals surface area contributed by atoms with Crippen LogP contribution in [-0.2, 0) is 4.79 Å². The van der Waals surface area contributed by atoms with Crippen molar-refractivity contribution in [3.05, 3.63) is 0 Å². The molecule has 0 aromatic carbocycles. The summed E-state index contributed by atoms with van der Waals surface area (Å²) in [6.45, 7) is 8.17. The number of likely N-dealkylation sites (N-methyl/N-ethyl adjacent to an activating group) is 1. The molecule has 0 bridgehead atoms. The topological polar surface area (TPSA) is 32.3 Å². The molecule has 3 nitrogen and oxygen atoms in total. The zero-order chi connectivity index (χ0) is 11.5. The van der Waals surface area contributed by atoms with Gasteiger partial charge < -0.3 is 10.2 Å². The first-order valence-electron chi connectivity index (χ1n) is 5.97. The van der Waals surface area contributed by atoms with Crippen LogP contribution in [0.5, 0.6) is 0 Å². The molecule has 88 valence electrons. The van der Waals surface area contributed by atoms with E-state index in [2.05, 4.69) is 12.2 Å². The van der Waals surface area contributed by atoms with Gasteiger partial charge in [0.2, 0.25) is 5.91 Å². The molecule has 1 atom stereocenters. The van der Waals surface area contributed by atoms with Gasteiger partial charge in [-0.1, -0.05) is 20.8 Å². The maximum Gasteiger partial charge on any atom is 0.228 e. The van der Waals surface area contributed by atoms with Crippen LogP contribution >= 0.6 is 0 Å². The Kier molecular flexibility index (Phi) is 4.14. The van der Waals surface area contributed by atoms with Gasteiger partial charge in [-0.2, -0.15) is 0 Å². The monoisotopic (exact) mass is 212 g/mol. The summed E-state index contributed by atoms with van der Waals surface area (Å²) in [7, 11) is 1.94. The van der Waals surface area contributed by atoms with Gasteiger partial charge in [0.15, 0.2) is 0 Å². The fraction of sp³-hybridized carbons (Fsp3) is 0.917. The third kappa shape index (κ3) is 2.94. The maximum absolute atomic E-state index is 12.2. The minimum Gasteiger partial charge on any atom is -0.341 e. The Morgan fingerprint density at radius 3 is 2.67 bits per heavy atom. The normalized spacial score (nSPS) is 22.5. The summed E-state index contributed by atoms with van der Waals surface area (Å²) in [5, 5.41) is 3.35. The van der Waals surface area contributed by atoms with Crippen molar-refractivity contribution >= 4 is 5.91 Å². The molecule has 0 radical (unpaired) electrons. The predicted octanol–water partition coefficient (Wildman–Crippen LogP) is 1.63. The number of amides is 1. The number of hydrogen-bond acceptors (Lipinski definition) is 2. The summed E-state index contributed by atoms with van der Waals surface area (Å²) >= 11 is 0. The lowest BCUT2D eigenvalue weighted by Crippen LogP contribution is -2.50. The molecule has 1 N–H and O–H groups in total. The van der Waals surface area contributed by atoms with Gasteiger partial charge in [0.05, 0.1) is 0 Å². The molecule has 1 saturated heterocycles. The SMILES string of the molecule is CCC(C)(C)C(=O)N(C)C1CCCNC1. The molecule has 1 rings (SSSR count). The van der Waals surface area contributed by atoms with E-state index in [0.717, 1.165) is 25.9 Å². The van der Waals surface area contributed by atoms with E-state index in [1.165, 1.54) is 6.42 Å². The van der Waals surface area contributed by atoms with Crippen LogP contribution in [0.1, 0.15) is 40.0 Å². The average molecular weight is 212 g/mol. The van der Waals surface area contributed by atoms with E-state index >= 15 is 0 Å². The Morgan fingerprint density at radius 2 is 2.20 bits per heavy atom. The molecule has 3 heteroatoms. The summed E-state index contributed by atoms with van der Waals surface area (Å²) in [5.74, 6) is 0.277. The zero-order valence-corrected chi connectivity index (χ0v) is 10.5. The highest BCUT2D eigenvalue weighted by molar-refractivity contribution is 5.81. The highest BCUT2D eigenvalue weighted by Crippen LogP contribution is 2.24. The largest absolute Gasteiger partial charge is 0.341 e. The first-order chi connectivity index (χ1) is 6.99. The number of carbonyl (C=O) groups is 1. The second-order valence-electron chi connectivity index (χ2n) is 5.15. The Morgan fingerprint density at radius 1 is 1.53 bits per heavy atom. The van der Waals surface area contributed by atoms with Crippen LogP contribution in [0.3, 0.4) is 0 Å². The quantitative estimate of drug-likeness (QED) is 0.771. The highest BCUT2D eigenvalue weighted by Gasteiger charge is 2.32. The Balaban J connectivity index is 2.58. The standard InChI is InChI=1S/C12H24N2O/c1-5-12(2,3)11(15)14(4)10-7-6-8-13-9-10/h10,13H,5-9H2,1-4H3. The second kappa shape index (κ2) is 4.97. The molecule has 1 unspecified atom stereocenters. The molecule has 1 amide bonds. The summed E-state index contributed by atoms with van der Waals surface area (Å²) in [4.78, 5) is 14.1. The first kappa shape index (κ1) is 12.5. The lowest BCUT2D eigenvalue weighted by Gasteiger charge is -2.36. The number of nitrogens with one attached hydrogen (secondary N) is 1. The smallest absolute Gasteiger partial charge is 0.228 e. The predicted molar refractivity (Wildman–Crippen MR) is 62.7 cm³/mol. The van der Waals surface area contributed by atoms with Gasteiger partial charge in [-0.25, -0.2) is 0 Å². The summed E-state index contributed by atoms with van der Waals surface area (Å²) in [5.41, 5.74) is -0.216. The molecular formula is C12H24N2O. The molecule has 1 aliphatic rings. The van der Waals surface area contributed by atoms with Gasteiger partial charge in [-0.15, -0.1) is 0 Å². The van der Waals surface area contributed by atoms with Crippen LogP contribution < -0.4 is 5.32 Å².